The van der Waals surface area contributed by atoms with Crippen LogP contribution in [0.5, 0.6) is 0 Å². The maximum absolute atomic E-state index is 12.7. The van der Waals surface area contributed by atoms with Crippen molar-refractivity contribution in [3.8, 4) is 0 Å². The lowest BCUT2D eigenvalue weighted by Gasteiger charge is -2.19. The molecule has 1 aliphatic carbocycles. The molecule has 0 spiro atoms. The molecule has 2 N–H and O–H groups in total. The van der Waals surface area contributed by atoms with Crippen LogP contribution < -0.4 is 10.6 Å². The van der Waals surface area contributed by atoms with Crippen molar-refractivity contribution in [1.29, 1.82) is 0 Å². The number of allylic oxidation sites excluding steroid dienone is 7. The topological polar surface area (TPSA) is 75.3 Å². The van der Waals surface area contributed by atoms with Gasteiger partial charge in [0.05, 0.1) is 11.4 Å². The van der Waals surface area contributed by atoms with E-state index in [2.05, 4.69) is 22.8 Å². The van der Waals surface area contributed by atoms with Gasteiger partial charge in [-0.2, -0.15) is 0 Å². The number of rotatable bonds is 1. The summed E-state index contributed by atoms with van der Waals surface area (Å²) in [5.74, 6) is -0.975. The quantitative estimate of drug-likeness (QED) is 0.549. The van der Waals surface area contributed by atoms with Crippen molar-refractivity contribution in [2.75, 3.05) is 7.05 Å². The fraction of sp³-hybridized carbons (Fsp3) is 0.409. The zero-order valence-corrected chi connectivity index (χ0v) is 15.9. The highest BCUT2D eigenvalue weighted by molar-refractivity contribution is 6.23. The standard InChI is InChI=1S/C22H28N2O3/c1-23-21-17-14-12-10-8-6-4-2-3-5-7-9-11-13-15-20(26)24-18(22(17)27)16-19(21)25/h2-3,9,11,13,15-16,23H,4-8,10,12,14H2,1H3,(H,24,26)/b3-2-,11-9-,15-13-. The second-order valence-electron chi connectivity index (χ2n) is 6.63. The number of likely N-dealkylation sites (N-methyl/N-ethyl adjacent to an activating group) is 1. The normalized spacial score (nSPS) is 24.0. The van der Waals surface area contributed by atoms with Gasteiger partial charge >= 0.3 is 0 Å². The van der Waals surface area contributed by atoms with Crippen LogP contribution >= 0.6 is 0 Å². The third-order valence-electron chi connectivity index (χ3n) is 4.56. The Morgan fingerprint density at radius 3 is 2.44 bits per heavy atom. The van der Waals surface area contributed by atoms with Crippen molar-refractivity contribution in [3.63, 3.8) is 0 Å². The Morgan fingerprint density at radius 1 is 0.889 bits per heavy atom. The number of nitrogens with one attached hydrogen (secondary N) is 2. The van der Waals surface area contributed by atoms with E-state index in [0.717, 1.165) is 44.9 Å². The second kappa shape index (κ2) is 11.1. The third-order valence-corrected chi connectivity index (χ3v) is 4.56. The molecule has 2 bridgehead atoms. The van der Waals surface area contributed by atoms with Crippen molar-refractivity contribution >= 4 is 17.5 Å². The number of fused-ring (bicyclic) bond motifs is 2. The van der Waals surface area contributed by atoms with Gasteiger partial charge in [0.25, 0.3) is 0 Å². The largest absolute Gasteiger partial charge is 0.385 e. The number of Topliss-reactive ketones (excluding diaryl/α,β-unsaturated/α-hetero) is 1. The van der Waals surface area contributed by atoms with Crippen LogP contribution in [0.3, 0.4) is 0 Å². The van der Waals surface area contributed by atoms with Gasteiger partial charge in [0.2, 0.25) is 17.5 Å². The third kappa shape index (κ3) is 6.51. The van der Waals surface area contributed by atoms with Gasteiger partial charge in [0.1, 0.15) is 0 Å². The van der Waals surface area contributed by atoms with E-state index in [-0.39, 0.29) is 17.3 Å². The molecule has 5 heteroatoms. The van der Waals surface area contributed by atoms with Crippen LogP contribution in [0.1, 0.15) is 51.4 Å². The summed E-state index contributed by atoms with van der Waals surface area (Å²) in [5, 5.41) is 5.39. The zero-order valence-electron chi connectivity index (χ0n) is 15.9. The lowest BCUT2D eigenvalue weighted by Crippen LogP contribution is -2.34. The SMILES string of the molecule is CNC1=C2CCCCCC/C=C\CC/C=C\C=C/C(=O)NC(=CC1=O)C2=O. The highest BCUT2D eigenvalue weighted by atomic mass is 16.2. The molecule has 0 aromatic rings. The van der Waals surface area contributed by atoms with Gasteiger partial charge in [0, 0.05) is 24.8 Å². The molecule has 0 saturated carbocycles. The Labute approximate surface area is 161 Å². The minimum absolute atomic E-state index is 0.0507. The Morgan fingerprint density at radius 2 is 1.63 bits per heavy atom. The summed E-state index contributed by atoms with van der Waals surface area (Å²) in [5.41, 5.74) is 0.849. The number of hydrogen-bond donors (Lipinski definition) is 2. The van der Waals surface area contributed by atoms with Crippen LogP contribution in [0.4, 0.5) is 0 Å². The molecule has 144 valence electrons. The minimum atomic E-state index is -0.419. The van der Waals surface area contributed by atoms with Gasteiger partial charge in [-0.25, -0.2) is 0 Å². The van der Waals surface area contributed by atoms with Crippen LogP contribution in [-0.2, 0) is 14.4 Å². The molecule has 2 rings (SSSR count). The van der Waals surface area contributed by atoms with Crippen LogP contribution in [0, 0.1) is 0 Å². The van der Waals surface area contributed by atoms with Gasteiger partial charge in [-0.15, -0.1) is 0 Å². The summed E-state index contributed by atoms with van der Waals surface area (Å²) in [6.45, 7) is 0. The number of carbonyl (C=O) groups excluding carboxylic acids is 3. The monoisotopic (exact) mass is 368 g/mol. The second-order valence-corrected chi connectivity index (χ2v) is 6.63. The summed E-state index contributed by atoms with van der Waals surface area (Å²) in [6.07, 6.45) is 20.0. The van der Waals surface area contributed by atoms with E-state index in [1.54, 1.807) is 13.1 Å². The molecule has 0 unspecified atom stereocenters. The lowest BCUT2D eigenvalue weighted by atomic mass is 9.92. The molecule has 0 aromatic carbocycles. The summed E-state index contributed by atoms with van der Waals surface area (Å²) in [6, 6.07) is 0. The summed E-state index contributed by atoms with van der Waals surface area (Å²) >= 11 is 0. The van der Waals surface area contributed by atoms with Crippen molar-refractivity contribution in [2.24, 2.45) is 0 Å². The van der Waals surface area contributed by atoms with Crippen LogP contribution in [-0.4, -0.2) is 24.5 Å². The first kappa shape index (κ1) is 20.6. The van der Waals surface area contributed by atoms with E-state index in [0.29, 0.717) is 17.7 Å². The predicted octanol–water partition coefficient (Wildman–Crippen LogP) is 3.41. The summed E-state index contributed by atoms with van der Waals surface area (Å²) < 4.78 is 0. The number of carbonyl (C=O) groups is 3. The van der Waals surface area contributed by atoms with Crippen molar-refractivity contribution in [1.82, 2.24) is 10.6 Å². The molecule has 2 aliphatic rings. The predicted molar refractivity (Wildman–Crippen MR) is 107 cm³/mol. The first-order valence-electron chi connectivity index (χ1n) is 9.64. The zero-order chi connectivity index (χ0) is 19.5. The Balaban J connectivity index is 2.16. The van der Waals surface area contributed by atoms with E-state index in [1.165, 1.54) is 12.2 Å². The number of hydrogen-bond acceptors (Lipinski definition) is 4. The van der Waals surface area contributed by atoms with Gasteiger partial charge in [-0.1, -0.05) is 43.2 Å². The first-order valence-corrected chi connectivity index (χ1v) is 9.64. The fourth-order valence-corrected chi connectivity index (χ4v) is 3.14. The average Bonchev–Trinajstić information content (AvgIpc) is 2.64. The molecule has 1 heterocycles. The van der Waals surface area contributed by atoms with Crippen LogP contribution in [0.15, 0.2) is 59.5 Å². The molecule has 1 aliphatic heterocycles. The van der Waals surface area contributed by atoms with Crippen molar-refractivity contribution < 1.29 is 14.4 Å². The Hall–Kier alpha value is -2.69. The van der Waals surface area contributed by atoms with Gasteiger partial charge in [0.15, 0.2) is 0 Å². The van der Waals surface area contributed by atoms with E-state index in [4.69, 9.17) is 0 Å². The summed E-state index contributed by atoms with van der Waals surface area (Å²) in [7, 11) is 1.64. The van der Waals surface area contributed by atoms with Crippen molar-refractivity contribution in [2.45, 2.75) is 51.4 Å². The van der Waals surface area contributed by atoms with Crippen LogP contribution in [0.2, 0.25) is 0 Å². The molecule has 0 fully saturated rings. The molecule has 0 saturated heterocycles. The van der Waals surface area contributed by atoms with E-state index < -0.39 is 5.91 Å². The minimum Gasteiger partial charge on any atom is -0.385 e. The maximum Gasteiger partial charge on any atom is 0.248 e. The highest BCUT2D eigenvalue weighted by Crippen LogP contribution is 2.22. The molecular weight excluding hydrogens is 340 g/mol. The Bertz CT molecular complexity index is 724. The van der Waals surface area contributed by atoms with Gasteiger partial charge in [-0.05, 0) is 38.5 Å². The van der Waals surface area contributed by atoms with E-state index in [9.17, 15) is 14.4 Å². The maximum atomic E-state index is 12.7. The van der Waals surface area contributed by atoms with E-state index >= 15 is 0 Å². The van der Waals surface area contributed by atoms with Crippen molar-refractivity contribution in [3.05, 3.63) is 59.5 Å². The molecule has 0 atom stereocenters. The molecule has 27 heavy (non-hydrogen) atoms. The Kier molecular flexibility index (Phi) is 8.49. The lowest BCUT2D eigenvalue weighted by molar-refractivity contribution is -0.119. The number of amides is 1. The molecular formula is C22H28N2O3. The number of ketones is 2. The molecule has 0 aromatic heterocycles. The molecule has 5 nitrogen and oxygen atoms in total. The van der Waals surface area contributed by atoms with Gasteiger partial charge in [-0.3, -0.25) is 14.4 Å². The smallest absolute Gasteiger partial charge is 0.248 e. The average molecular weight is 368 g/mol. The summed E-state index contributed by atoms with van der Waals surface area (Å²) in [4.78, 5) is 37.1. The first-order chi connectivity index (χ1) is 13.1. The highest BCUT2D eigenvalue weighted by Gasteiger charge is 2.28. The fourth-order valence-electron chi connectivity index (χ4n) is 3.14. The van der Waals surface area contributed by atoms with Crippen LogP contribution in [0.25, 0.3) is 0 Å². The molecule has 1 amide bonds. The molecule has 0 radical (unpaired) electrons. The van der Waals surface area contributed by atoms with E-state index in [1.807, 2.05) is 12.2 Å². The van der Waals surface area contributed by atoms with Gasteiger partial charge < -0.3 is 10.6 Å².